The Hall–Kier alpha value is -2.48. The highest BCUT2D eigenvalue weighted by Crippen LogP contribution is 2.34. The van der Waals surface area contributed by atoms with Crippen molar-refractivity contribution in [3.05, 3.63) is 39.5 Å². The Morgan fingerprint density at radius 1 is 1.23 bits per heavy atom. The summed E-state index contributed by atoms with van der Waals surface area (Å²) in [6, 6.07) is 4.22. The van der Waals surface area contributed by atoms with Crippen LogP contribution in [0.4, 0.5) is 5.82 Å². The lowest BCUT2D eigenvalue weighted by Gasteiger charge is -2.35. The maximum Gasteiger partial charge on any atom is 0.264 e. The van der Waals surface area contributed by atoms with Crippen LogP contribution in [0.3, 0.4) is 0 Å². The minimum Gasteiger partial charge on any atom is -0.353 e. The van der Waals surface area contributed by atoms with Crippen molar-refractivity contribution >= 4 is 28.8 Å². The first-order chi connectivity index (χ1) is 14.6. The fourth-order valence-corrected chi connectivity index (χ4v) is 5.97. The molecule has 5 rings (SSSR count). The minimum atomic E-state index is 0.193. The van der Waals surface area contributed by atoms with Crippen LogP contribution >= 0.6 is 11.3 Å². The van der Waals surface area contributed by atoms with Crippen molar-refractivity contribution in [3.63, 3.8) is 0 Å². The predicted molar refractivity (Wildman–Crippen MR) is 118 cm³/mol. The van der Waals surface area contributed by atoms with Crippen LogP contribution in [-0.4, -0.2) is 56.6 Å². The first-order valence-corrected chi connectivity index (χ1v) is 11.8. The van der Waals surface area contributed by atoms with E-state index in [1.165, 1.54) is 36.0 Å². The molecule has 2 aliphatic rings. The van der Waals surface area contributed by atoms with Crippen molar-refractivity contribution in [1.29, 1.82) is 0 Å². The number of hydrogen-bond donors (Lipinski definition) is 0. The van der Waals surface area contributed by atoms with Crippen molar-refractivity contribution < 1.29 is 4.79 Å². The summed E-state index contributed by atoms with van der Waals surface area (Å²) in [5, 5.41) is 4.32. The molecule has 1 saturated heterocycles. The second-order valence-electron chi connectivity index (χ2n) is 8.46. The lowest BCUT2D eigenvalue weighted by Crippen LogP contribution is -2.49. The van der Waals surface area contributed by atoms with Gasteiger partial charge >= 0.3 is 0 Å². The van der Waals surface area contributed by atoms with E-state index in [0.29, 0.717) is 5.78 Å². The highest BCUT2D eigenvalue weighted by Gasteiger charge is 2.27. The fraction of sp³-hybridized carbons (Fsp3) is 0.545. The average molecular weight is 425 g/mol. The third-order valence-electron chi connectivity index (χ3n) is 6.34. The standard InChI is InChI=1S/C22H28N6OS/c1-3-4-16-5-6-18-17(12-16)13-19(30-18)21(29)27-9-7-26(8-10-27)20-11-15(2)25-22-23-14-24-28(20)22/h11,13-14,16H,3-10,12H2,1-2H3/t16-/m1/s1. The molecule has 4 heterocycles. The fourth-order valence-electron chi connectivity index (χ4n) is 4.79. The molecule has 1 atom stereocenters. The number of carbonyl (C=O) groups is 1. The Balaban J connectivity index is 1.27. The van der Waals surface area contributed by atoms with E-state index in [4.69, 9.17) is 0 Å². The molecule has 8 heteroatoms. The van der Waals surface area contributed by atoms with Crippen LogP contribution in [-0.2, 0) is 12.8 Å². The van der Waals surface area contributed by atoms with Gasteiger partial charge in [0.1, 0.15) is 12.1 Å². The number of fused-ring (bicyclic) bond motifs is 2. The number of anilines is 1. The molecular formula is C22H28N6OS. The van der Waals surface area contributed by atoms with Crippen LogP contribution in [0.5, 0.6) is 0 Å². The molecule has 0 radical (unpaired) electrons. The van der Waals surface area contributed by atoms with E-state index in [0.717, 1.165) is 61.3 Å². The summed E-state index contributed by atoms with van der Waals surface area (Å²) in [6.45, 7) is 7.25. The van der Waals surface area contributed by atoms with E-state index in [1.54, 1.807) is 15.9 Å². The molecule has 1 aliphatic heterocycles. The number of piperazine rings is 1. The SMILES string of the molecule is CCC[C@@H]1CCc2sc(C(=O)N3CCN(c4cc(C)nc5ncnn45)CC3)cc2C1. The van der Waals surface area contributed by atoms with Gasteiger partial charge in [0.15, 0.2) is 0 Å². The Morgan fingerprint density at radius 3 is 2.87 bits per heavy atom. The van der Waals surface area contributed by atoms with E-state index in [9.17, 15) is 4.79 Å². The monoisotopic (exact) mass is 424 g/mol. The number of carbonyl (C=O) groups excluding carboxylic acids is 1. The molecule has 0 spiro atoms. The van der Waals surface area contributed by atoms with Crippen LogP contribution in [0.15, 0.2) is 18.5 Å². The van der Waals surface area contributed by atoms with E-state index in [1.807, 2.05) is 17.9 Å². The summed E-state index contributed by atoms with van der Waals surface area (Å²) in [6.07, 6.45) is 7.65. The first-order valence-electron chi connectivity index (χ1n) is 11.0. The van der Waals surface area contributed by atoms with Crippen molar-refractivity contribution in [2.45, 2.75) is 46.0 Å². The van der Waals surface area contributed by atoms with E-state index >= 15 is 0 Å². The van der Waals surface area contributed by atoms with Gasteiger partial charge in [-0.15, -0.1) is 11.3 Å². The van der Waals surface area contributed by atoms with Gasteiger partial charge in [-0.25, -0.2) is 4.98 Å². The molecule has 1 aliphatic carbocycles. The van der Waals surface area contributed by atoms with Crippen molar-refractivity contribution in [2.24, 2.45) is 5.92 Å². The van der Waals surface area contributed by atoms with Crippen LogP contribution in [0, 0.1) is 12.8 Å². The number of aryl methyl sites for hydroxylation is 2. The maximum absolute atomic E-state index is 13.2. The zero-order valence-electron chi connectivity index (χ0n) is 17.7. The molecule has 3 aromatic heterocycles. The average Bonchev–Trinajstić information content (AvgIpc) is 3.39. The van der Waals surface area contributed by atoms with Crippen molar-refractivity contribution in [3.8, 4) is 0 Å². The molecule has 0 aromatic carbocycles. The quantitative estimate of drug-likeness (QED) is 0.642. The molecule has 1 fully saturated rings. The van der Waals surface area contributed by atoms with Crippen molar-refractivity contribution in [1.82, 2.24) is 24.5 Å². The number of hydrogen-bond acceptors (Lipinski definition) is 6. The van der Waals surface area contributed by atoms with E-state index < -0.39 is 0 Å². The third kappa shape index (κ3) is 3.57. The van der Waals surface area contributed by atoms with Gasteiger partial charge in [0, 0.05) is 42.8 Å². The molecular weight excluding hydrogens is 396 g/mol. The molecule has 0 saturated carbocycles. The van der Waals surface area contributed by atoms with Gasteiger partial charge in [-0.2, -0.15) is 14.6 Å². The first kappa shape index (κ1) is 19.5. The zero-order valence-corrected chi connectivity index (χ0v) is 18.5. The van der Waals surface area contributed by atoms with Gasteiger partial charge < -0.3 is 9.80 Å². The number of amides is 1. The lowest BCUT2D eigenvalue weighted by molar-refractivity contribution is 0.0751. The Labute approximate surface area is 180 Å². The largest absolute Gasteiger partial charge is 0.353 e. The number of rotatable bonds is 4. The Morgan fingerprint density at radius 2 is 2.07 bits per heavy atom. The topological polar surface area (TPSA) is 66.6 Å². The van der Waals surface area contributed by atoms with Gasteiger partial charge in [-0.1, -0.05) is 19.8 Å². The van der Waals surface area contributed by atoms with Crippen LogP contribution < -0.4 is 4.90 Å². The maximum atomic E-state index is 13.2. The number of aromatic nitrogens is 4. The summed E-state index contributed by atoms with van der Waals surface area (Å²) >= 11 is 1.72. The molecule has 0 bridgehead atoms. The molecule has 1 amide bonds. The van der Waals surface area contributed by atoms with E-state index in [2.05, 4.69) is 33.0 Å². The third-order valence-corrected chi connectivity index (χ3v) is 7.57. The number of thiophene rings is 1. The molecule has 0 N–H and O–H groups in total. The second kappa shape index (κ2) is 7.98. The normalized spacial score (nSPS) is 19.3. The van der Waals surface area contributed by atoms with Gasteiger partial charge in [-0.05, 0) is 43.7 Å². The molecule has 3 aromatic rings. The van der Waals surface area contributed by atoms with Crippen LogP contribution in [0.25, 0.3) is 5.78 Å². The minimum absolute atomic E-state index is 0.193. The highest BCUT2D eigenvalue weighted by atomic mass is 32.1. The molecule has 158 valence electrons. The van der Waals surface area contributed by atoms with Gasteiger partial charge in [0.05, 0.1) is 4.88 Å². The summed E-state index contributed by atoms with van der Waals surface area (Å²) in [4.78, 5) is 28.4. The summed E-state index contributed by atoms with van der Waals surface area (Å²) in [5.41, 5.74) is 2.35. The molecule has 7 nitrogen and oxygen atoms in total. The predicted octanol–water partition coefficient (Wildman–Crippen LogP) is 3.36. The Kier molecular flexibility index (Phi) is 5.18. The lowest BCUT2D eigenvalue weighted by atomic mass is 9.85. The summed E-state index contributed by atoms with van der Waals surface area (Å²) in [5.74, 6) is 2.60. The summed E-state index contributed by atoms with van der Waals surface area (Å²) in [7, 11) is 0. The Bertz CT molecular complexity index is 1060. The highest BCUT2D eigenvalue weighted by molar-refractivity contribution is 7.14. The zero-order chi connectivity index (χ0) is 20.7. The molecule has 0 unspecified atom stereocenters. The van der Waals surface area contributed by atoms with Gasteiger partial charge in [-0.3, -0.25) is 4.79 Å². The molecule has 30 heavy (non-hydrogen) atoms. The van der Waals surface area contributed by atoms with Crippen LogP contribution in [0.2, 0.25) is 0 Å². The second-order valence-corrected chi connectivity index (χ2v) is 9.60. The smallest absolute Gasteiger partial charge is 0.264 e. The van der Waals surface area contributed by atoms with Gasteiger partial charge in [0.2, 0.25) is 0 Å². The van der Waals surface area contributed by atoms with Crippen LogP contribution in [0.1, 0.15) is 52.0 Å². The van der Waals surface area contributed by atoms with E-state index in [-0.39, 0.29) is 5.91 Å². The summed E-state index contributed by atoms with van der Waals surface area (Å²) < 4.78 is 1.78. The van der Waals surface area contributed by atoms with Crippen molar-refractivity contribution in [2.75, 3.05) is 31.1 Å². The van der Waals surface area contributed by atoms with Gasteiger partial charge in [0.25, 0.3) is 11.7 Å². The number of nitrogens with zero attached hydrogens (tertiary/aromatic N) is 6.